The van der Waals surface area contributed by atoms with Gasteiger partial charge in [0.25, 0.3) is 0 Å². The van der Waals surface area contributed by atoms with Crippen LogP contribution >= 0.6 is 22.6 Å². The largest absolute Gasteiger partial charge is 0.508 e. The van der Waals surface area contributed by atoms with Crippen molar-refractivity contribution in [3.8, 4) is 5.75 Å². The van der Waals surface area contributed by atoms with Crippen molar-refractivity contribution >= 4 is 28.2 Å². The van der Waals surface area contributed by atoms with Crippen LogP contribution in [0.4, 0.5) is 0 Å². The quantitative estimate of drug-likeness (QED) is 0.491. The molecule has 1 aliphatic carbocycles. The molecule has 3 rings (SSSR count). The fourth-order valence-electron chi connectivity index (χ4n) is 4.63. The van der Waals surface area contributed by atoms with Gasteiger partial charge in [0.2, 0.25) is 0 Å². The Balaban J connectivity index is 2.19. The summed E-state index contributed by atoms with van der Waals surface area (Å²) in [6.07, 6.45) is 3.50. The second kappa shape index (κ2) is 6.79. The van der Waals surface area contributed by atoms with Gasteiger partial charge in [0.1, 0.15) is 5.75 Å². The first-order chi connectivity index (χ1) is 11.7. The Labute approximate surface area is 165 Å². The highest BCUT2D eigenvalue weighted by Gasteiger charge is 2.37. The Kier molecular flexibility index (Phi) is 5.02. The zero-order valence-corrected chi connectivity index (χ0v) is 17.7. The van der Waals surface area contributed by atoms with Crippen LogP contribution in [0.2, 0.25) is 0 Å². The van der Waals surface area contributed by atoms with Crippen molar-refractivity contribution in [3.63, 3.8) is 0 Å². The lowest BCUT2D eigenvalue weighted by atomic mass is 9.62. The third-order valence-corrected chi connectivity index (χ3v) is 5.70. The molecule has 1 saturated carbocycles. The number of aromatic hydroxyl groups is 1. The zero-order chi connectivity index (χ0) is 18.2. The third-order valence-electron chi connectivity index (χ3n) is 4.98. The molecule has 1 fully saturated rings. The zero-order valence-electron chi connectivity index (χ0n) is 15.6. The van der Waals surface area contributed by atoms with E-state index in [1.54, 1.807) is 12.1 Å². The van der Waals surface area contributed by atoms with E-state index in [9.17, 15) is 5.11 Å². The molecule has 1 nitrogen and oxygen atoms in total. The van der Waals surface area contributed by atoms with Crippen molar-refractivity contribution in [2.45, 2.75) is 47.0 Å². The van der Waals surface area contributed by atoms with E-state index in [1.165, 1.54) is 32.3 Å². The predicted octanol–water partition coefficient (Wildman–Crippen LogP) is 7.04. The van der Waals surface area contributed by atoms with Crippen molar-refractivity contribution in [2.75, 3.05) is 0 Å². The summed E-state index contributed by atoms with van der Waals surface area (Å²) < 4.78 is 1.25. The van der Waals surface area contributed by atoms with Gasteiger partial charge < -0.3 is 5.11 Å². The van der Waals surface area contributed by atoms with Crippen LogP contribution in [0.15, 0.2) is 54.1 Å². The molecule has 0 saturated heterocycles. The van der Waals surface area contributed by atoms with Crippen LogP contribution < -0.4 is 0 Å². The summed E-state index contributed by atoms with van der Waals surface area (Å²) in [5.74, 6) is 0.319. The first-order valence-electron chi connectivity index (χ1n) is 8.93. The first kappa shape index (κ1) is 18.5. The normalized spacial score (nSPS) is 18.8. The Morgan fingerprint density at radius 3 is 1.72 bits per heavy atom. The van der Waals surface area contributed by atoms with Crippen LogP contribution in [-0.2, 0) is 0 Å². The summed E-state index contributed by atoms with van der Waals surface area (Å²) in [6, 6.07) is 16.5. The van der Waals surface area contributed by atoms with Crippen LogP contribution in [0.25, 0.3) is 5.57 Å². The predicted molar refractivity (Wildman–Crippen MR) is 115 cm³/mol. The van der Waals surface area contributed by atoms with E-state index in [4.69, 9.17) is 0 Å². The number of phenolic OH excluding ortho intramolecular Hbond substituents is 1. The third kappa shape index (κ3) is 4.46. The maximum Gasteiger partial charge on any atom is 0.115 e. The smallest absolute Gasteiger partial charge is 0.115 e. The molecule has 0 radical (unpaired) electrons. The summed E-state index contributed by atoms with van der Waals surface area (Å²) in [6.45, 7) is 9.54. The summed E-state index contributed by atoms with van der Waals surface area (Å²) in [7, 11) is 0. The van der Waals surface area contributed by atoms with E-state index >= 15 is 0 Å². The van der Waals surface area contributed by atoms with Gasteiger partial charge in [0, 0.05) is 3.57 Å². The van der Waals surface area contributed by atoms with Crippen molar-refractivity contribution in [1.29, 1.82) is 0 Å². The van der Waals surface area contributed by atoms with E-state index in [0.717, 1.165) is 12.8 Å². The van der Waals surface area contributed by atoms with Crippen molar-refractivity contribution < 1.29 is 5.11 Å². The fourth-order valence-corrected chi connectivity index (χ4v) is 4.99. The number of rotatable bonds is 2. The van der Waals surface area contributed by atoms with Gasteiger partial charge in [-0.05, 0) is 93.6 Å². The van der Waals surface area contributed by atoms with E-state index in [0.29, 0.717) is 16.6 Å². The number of benzene rings is 2. The van der Waals surface area contributed by atoms with Gasteiger partial charge in [-0.15, -0.1) is 0 Å². The van der Waals surface area contributed by atoms with Crippen molar-refractivity contribution in [2.24, 2.45) is 10.8 Å². The summed E-state index contributed by atoms with van der Waals surface area (Å²) >= 11 is 2.36. The fraction of sp³-hybridized carbons (Fsp3) is 0.391. The first-order valence-corrected chi connectivity index (χ1v) is 10.0. The minimum Gasteiger partial charge on any atom is -0.508 e. The monoisotopic (exact) mass is 446 g/mol. The Morgan fingerprint density at radius 1 is 0.800 bits per heavy atom. The molecule has 0 aromatic heterocycles. The minimum atomic E-state index is 0.308. The van der Waals surface area contributed by atoms with E-state index in [1.807, 2.05) is 12.1 Å². The Hall–Kier alpha value is -1.29. The number of phenols is 1. The van der Waals surface area contributed by atoms with E-state index in [2.05, 4.69) is 74.6 Å². The number of hydrogen-bond acceptors (Lipinski definition) is 1. The number of allylic oxidation sites excluding steroid dienone is 1. The van der Waals surface area contributed by atoms with Crippen LogP contribution in [0.1, 0.15) is 58.1 Å². The molecule has 2 heteroatoms. The Bertz CT molecular complexity index is 714. The molecule has 25 heavy (non-hydrogen) atoms. The summed E-state index contributed by atoms with van der Waals surface area (Å²) in [4.78, 5) is 0. The number of hydrogen-bond donors (Lipinski definition) is 1. The van der Waals surface area contributed by atoms with Gasteiger partial charge in [-0.25, -0.2) is 0 Å². The standard InChI is InChI=1S/C23H27IO/c1-22(2)13-18(14-23(3,4)15-22)21(16-5-9-19(24)10-6-16)17-7-11-20(25)12-8-17/h5-12,25H,13-15H2,1-4H3. The van der Waals surface area contributed by atoms with Crippen molar-refractivity contribution in [1.82, 2.24) is 0 Å². The molecular weight excluding hydrogens is 419 g/mol. The maximum atomic E-state index is 9.70. The van der Waals surface area contributed by atoms with E-state index < -0.39 is 0 Å². The molecule has 0 spiro atoms. The summed E-state index contributed by atoms with van der Waals surface area (Å²) in [5, 5.41) is 9.70. The molecule has 0 aliphatic heterocycles. The molecule has 2 aromatic rings. The topological polar surface area (TPSA) is 20.2 Å². The molecule has 2 aromatic carbocycles. The second-order valence-corrected chi connectivity index (χ2v) is 10.1. The molecule has 0 atom stereocenters. The minimum absolute atomic E-state index is 0.308. The average molecular weight is 446 g/mol. The molecular formula is C23H27IO. The molecule has 132 valence electrons. The van der Waals surface area contributed by atoms with Crippen LogP contribution in [0.3, 0.4) is 0 Å². The van der Waals surface area contributed by atoms with Gasteiger partial charge in [-0.1, -0.05) is 57.5 Å². The van der Waals surface area contributed by atoms with Crippen molar-refractivity contribution in [3.05, 3.63) is 68.8 Å². The Morgan fingerprint density at radius 2 is 1.24 bits per heavy atom. The van der Waals surface area contributed by atoms with Crippen LogP contribution in [-0.4, -0.2) is 5.11 Å². The average Bonchev–Trinajstić information content (AvgIpc) is 2.48. The molecule has 1 N–H and O–H groups in total. The highest BCUT2D eigenvalue weighted by molar-refractivity contribution is 14.1. The SMILES string of the molecule is CC1(C)CC(=C(c2ccc(O)cc2)c2ccc(I)cc2)CC(C)(C)C1. The lowest BCUT2D eigenvalue weighted by Gasteiger charge is -2.43. The second-order valence-electron chi connectivity index (χ2n) is 8.89. The van der Waals surface area contributed by atoms with Crippen LogP contribution in [0, 0.1) is 14.4 Å². The maximum absolute atomic E-state index is 9.70. The van der Waals surface area contributed by atoms with Gasteiger partial charge in [0.05, 0.1) is 0 Å². The molecule has 0 unspecified atom stereocenters. The van der Waals surface area contributed by atoms with Gasteiger partial charge >= 0.3 is 0 Å². The van der Waals surface area contributed by atoms with Crippen LogP contribution in [0.5, 0.6) is 5.75 Å². The van der Waals surface area contributed by atoms with Gasteiger partial charge in [-0.2, -0.15) is 0 Å². The van der Waals surface area contributed by atoms with Gasteiger partial charge in [-0.3, -0.25) is 0 Å². The number of halogens is 1. The summed E-state index contributed by atoms with van der Waals surface area (Å²) in [5.41, 5.74) is 5.97. The lowest BCUT2D eigenvalue weighted by molar-refractivity contribution is 0.154. The molecule has 0 heterocycles. The molecule has 0 bridgehead atoms. The van der Waals surface area contributed by atoms with Gasteiger partial charge in [0.15, 0.2) is 0 Å². The highest BCUT2D eigenvalue weighted by atomic mass is 127. The molecule has 1 aliphatic rings. The molecule has 0 amide bonds. The van der Waals surface area contributed by atoms with E-state index in [-0.39, 0.29) is 0 Å². The highest BCUT2D eigenvalue weighted by Crippen LogP contribution is 2.50. The lowest BCUT2D eigenvalue weighted by Crippen LogP contribution is -2.30.